The highest BCUT2D eigenvalue weighted by atomic mass is 16.6. The van der Waals surface area contributed by atoms with Crippen LogP contribution in [0.1, 0.15) is 12.8 Å². The van der Waals surface area contributed by atoms with E-state index in [2.05, 4.69) is 0 Å². The van der Waals surface area contributed by atoms with Gasteiger partial charge in [0.1, 0.15) is 11.9 Å². The van der Waals surface area contributed by atoms with Crippen molar-refractivity contribution in [2.75, 3.05) is 43.7 Å². The molecule has 2 amide bonds. The summed E-state index contributed by atoms with van der Waals surface area (Å²) in [6, 6.07) is 5.35. The fraction of sp³-hybridized carbons (Fsp3) is 0.529. The Morgan fingerprint density at radius 1 is 1.28 bits per heavy atom. The van der Waals surface area contributed by atoms with Gasteiger partial charge in [0.2, 0.25) is 5.91 Å². The zero-order chi connectivity index (χ0) is 18.0. The summed E-state index contributed by atoms with van der Waals surface area (Å²) < 4.78 is 15.9. The largest absolute Gasteiger partial charge is 0.494 e. The van der Waals surface area contributed by atoms with Gasteiger partial charge in [0, 0.05) is 32.0 Å². The first-order valence-corrected chi connectivity index (χ1v) is 8.26. The molecule has 2 aliphatic heterocycles. The van der Waals surface area contributed by atoms with E-state index in [4.69, 9.17) is 19.9 Å². The number of cyclic esters (lactones) is 1. The third-order valence-corrected chi connectivity index (χ3v) is 4.61. The lowest BCUT2D eigenvalue weighted by atomic mass is 10.1. The predicted molar refractivity (Wildman–Crippen MR) is 92.0 cm³/mol. The van der Waals surface area contributed by atoms with Crippen LogP contribution in [0.4, 0.5) is 16.2 Å². The van der Waals surface area contributed by atoms with Gasteiger partial charge in [-0.05, 0) is 18.6 Å². The molecule has 0 spiro atoms. The average Bonchev–Trinajstić information content (AvgIpc) is 3.01. The maximum atomic E-state index is 12.3. The lowest BCUT2D eigenvalue weighted by Gasteiger charge is -2.31. The molecule has 2 saturated heterocycles. The number of benzene rings is 1. The fourth-order valence-corrected chi connectivity index (χ4v) is 3.18. The van der Waals surface area contributed by atoms with E-state index in [9.17, 15) is 9.59 Å². The summed E-state index contributed by atoms with van der Waals surface area (Å²) in [5.41, 5.74) is 6.92. The third-order valence-electron chi connectivity index (χ3n) is 4.61. The normalized spacial score (nSPS) is 23.8. The van der Waals surface area contributed by atoms with Crippen LogP contribution in [-0.4, -0.2) is 58.1 Å². The van der Waals surface area contributed by atoms with Gasteiger partial charge in [-0.15, -0.1) is 0 Å². The lowest BCUT2D eigenvalue weighted by molar-refractivity contribution is -0.122. The quantitative estimate of drug-likeness (QED) is 0.856. The molecule has 0 saturated carbocycles. The van der Waals surface area contributed by atoms with Gasteiger partial charge in [0.15, 0.2) is 0 Å². The second-order valence-corrected chi connectivity index (χ2v) is 6.10. The number of ether oxygens (including phenoxy) is 3. The molecule has 2 N–H and O–H groups in total. The molecule has 2 heterocycles. The first-order valence-electron chi connectivity index (χ1n) is 8.26. The molecule has 0 aromatic heterocycles. The van der Waals surface area contributed by atoms with Crippen LogP contribution < -0.4 is 20.3 Å². The molecule has 25 heavy (non-hydrogen) atoms. The topological polar surface area (TPSA) is 94.3 Å². The van der Waals surface area contributed by atoms with Crippen LogP contribution >= 0.6 is 0 Å². The highest BCUT2D eigenvalue weighted by molar-refractivity contribution is 5.96. The molecule has 1 aromatic carbocycles. The van der Waals surface area contributed by atoms with Crippen molar-refractivity contribution in [2.24, 2.45) is 5.73 Å². The van der Waals surface area contributed by atoms with E-state index in [1.165, 1.54) is 12.0 Å². The Morgan fingerprint density at radius 2 is 2.08 bits per heavy atom. The number of nitrogens with zero attached hydrogens (tertiary/aromatic N) is 2. The van der Waals surface area contributed by atoms with E-state index in [1.807, 2.05) is 6.07 Å². The van der Waals surface area contributed by atoms with Crippen molar-refractivity contribution in [1.29, 1.82) is 0 Å². The van der Waals surface area contributed by atoms with Crippen molar-refractivity contribution >= 4 is 23.4 Å². The van der Waals surface area contributed by atoms with Gasteiger partial charge in [-0.25, -0.2) is 4.79 Å². The molecule has 1 aromatic rings. The van der Waals surface area contributed by atoms with Crippen molar-refractivity contribution in [1.82, 2.24) is 0 Å². The predicted octanol–water partition coefficient (Wildman–Crippen LogP) is 1.12. The molecule has 3 rings (SSSR count). The van der Waals surface area contributed by atoms with Crippen molar-refractivity contribution in [3.05, 3.63) is 18.2 Å². The van der Waals surface area contributed by atoms with Crippen molar-refractivity contribution < 1.29 is 23.8 Å². The van der Waals surface area contributed by atoms with Crippen LogP contribution in [0.5, 0.6) is 5.75 Å². The van der Waals surface area contributed by atoms with Crippen LogP contribution in [0.15, 0.2) is 18.2 Å². The van der Waals surface area contributed by atoms with Crippen LogP contribution in [0.3, 0.4) is 0 Å². The molecule has 2 fully saturated rings. The van der Waals surface area contributed by atoms with Gasteiger partial charge in [-0.1, -0.05) is 0 Å². The molecule has 2 atom stereocenters. The molecule has 8 nitrogen and oxygen atoms in total. The Balaban J connectivity index is 1.83. The summed E-state index contributed by atoms with van der Waals surface area (Å²) in [7, 11) is 3.15. The van der Waals surface area contributed by atoms with Crippen molar-refractivity contribution in [3.63, 3.8) is 0 Å². The van der Waals surface area contributed by atoms with Crippen LogP contribution in [0.25, 0.3) is 0 Å². The average molecular weight is 349 g/mol. The molecular weight excluding hydrogens is 326 g/mol. The van der Waals surface area contributed by atoms with E-state index in [-0.39, 0.29) is 24.7 Å². The Morgan fingerprint density at radius 3 is 2.68 bits per heavy atom. The number of piperidine rings is 1. The molecule has 8 heteroatoms. The number of methoxy groups -OCH3 is 2. The van der Waals surface area contributed by atoms with Gasteiger partial charge >= 0.3 is 6.09 Å². The third kappa shape index (κ3) is 3.40. The monoisotopic (exact) mass is 349 g/mol. The number of nitrogens with two attached hydrogens (primary N) is 1. The van der Waals surface area contributed by atoms with Gasteiger partial charge in [0.25, 0.3) is 0 Å². The maximum Gasteiger partial charge on any atom is 0.414 e. The molecule has 0 radical (unpaired) electrons. The zero-order valence-corrected chi connectivity index (χ0v) is 14.4. The van der Waals surface area contributed by atoms with Crippen LogP contribution in [0, 0.1) is 0 Å². The van der Waals surface area contributed by atoms with Crippen LogP contribution in [-0.2, 0) is 14.3 Å². The summed E-state index contributed by atoms with van der Waals surface area (Å²) in [5, 5.41) is 0. The Hall–Kier alpha value is -2.32. The number of amides is 2. The number of carbonyl (C=O) groups excluding carboxylic acids is 2. The van der Waals surface area contributed by atoms with Gasteiger partial charge in [-0.3, -0.25) is 9.69 Å². The highest BCUT2D eigenvalue weighted by Gasteiger charge is 2.34. The fourth-order valence-electron chi connectivity index (χ4n) is 3.18. The Labute approximate surface area is 146 Å². The number of carbonyl (C=O) groups is 2. The van der Waals surface area contributed by atoms with E-state index in [1.54, 1.807) is 24.1 Å². The number of hydrogen-bond acceptors (Lipinski definition) is 6. The highest BCUT2D eigenvalue weighted by Crippen LogP contribution is 2.36. The van der Waals surface area contributed by atoms with Crippen molar-refractivity contribution in [2.45, 2.75) is 25.0 Å². The molecule has 136 valence electrons. The minimum Gasteiger partial charge on any atom is -0.494 e. The summed E-state index contributed by atoms with van der Waals surface area (Å²) in [4.78, 5) is 27.6. The summed E-state index contributed by atoms with van der Waals surface area (Å²) in [6.45, 7) is 1.23. The Bertz CT molecular complexity index is 666. The van der Waals surface area contributed by atoms with E-state index in [0.717, 1.165) is 12.1 Å². The first-order chi connectivity index (χ1) is 12.1. The van der Waals surface area contributed by atoms with Crippen molar-refractivity contribution in [3.8, 4) is 5.75 Å². The minimum atomic E-state index is -0.446. The van der Waals surface area contributed by atoms with Gasteiger partial charge in [0.05, 0.1) is 31.9 Å². The number of rotatable bonds is 5. The summed E-state index contributed by atoms with van der Waals surface area (Å²) in [6.07, 6.45) is 0.336. The summed E-state index contributed by atoms with van der Waals surface area (Å²) in [5.74, 6) is 0.519. The van der Waals surface area contributed by atoms with Gasteiger partial charge < -0.3 is 24.8 Å². The smallest absolute Gasteiger partial charge is 0.414 e. The number of hydrogen-bond donors (Lipinski definition) is 1. The van der Waals surface area contributed by atoms with E-state index >= 15 is 0 Å². The minimum absolute atomic E-state index is 0.0108. The van der Waals surface area contributed by atoms with Crippen LogP contribution in [0.2, 0.25) is 0 Å². The Kier molecular flexibility index (Phi) is 5.10. The lowest BCUT2D eigenvalue weighted by Crippen LogP contribution is -2.41. The maximum absolute atomic E-state index is 12.3. The standard InChI is InChI=1S/C17H23N3O5/c1-23-12-5-6-19(16(21)8-12)11-3-4-14(15(7-11)24-2)20-10-13(9-18)25-17(20)22/h3-4,7,12-13H,5-6,8-10,18H2,1-2H3. The molecular formula is C17H23N3O5. The molecule has 0 bridgehead atoms. The second kappa shape index (κ2) is 7.28. The van der Waals surface area contributed by atoms with Gasteiger partial charge in [-0.2, -0.15) is 0 Å². The molecule has 0 aliphatic carbocycles. The molecule has 2 unspecified atom stereocenters. The number of anilines is 2. The second-order valence-electron chi connectivity index (χ2n) is 6.10. The molecule has 2 aliphatic rings. The first kappa shape index (κ1) is 17.5. The zero-order valence-electron chi connectivity index (χ0n) is 14.4. The van der Waals surface area contributed by atoms with E-state index < -0.39 is 6.09 Å². The summed E-state index contributed by atoms with van der Waals surface area (Å²) >= 11 is 0. The van der Waals surface area contributed by atoms with E-state index in [0.29, 0.717) is 30.9 Å². The SMILES string of the molecule is COc1cc(N2CCC(OC)CC2=O)ccc1N1CC(CN)OC1=O.